The second kappa shape index (κ2) is 12.5. The van der Waals surface area contributed by atoms with Gasteiger partial charge >= 0.3 is 0 Å². The van der Waals surface area contributed by atoms with Crippen molar-refractivity contribution < 1.29 is 19.7 Å². The summed E-state index contributed by atoms with van der Waals surface area (Å²) in [6.45, 7) is 11.3. The lowest BCUT2D eigenvalue weighted by Gasteiger charge is -2.40. The van der Waals surface area contributed by atoms with Crippen molar-refractivity contribution in [1.82, 2.24) is 9.88 Å². The van der Waals surface area contributed by atoms with Crippen LogP contribution in [0.25, 0.3) is 0 Å². The number of pyridine rings is 1. The highest BCUT2D eigenvalue weighted by molar-refractivity contribution is 5.81. The van der Waals surface area contributed by atoms with E-state index in [-0.39, 0.29) is 12.0 Å². The third-order valence-corrected chi connectivity index (χ3v) is 6.93. The van der Waals surface area contributed by atoms with Gasteiger partial charge in [-0.2, -0.15) is 0 Å². The van der Waals surface area contributed by atoms with E-state index in [4.69, 9.17) is 14.9 Å². The first-order chi connectivity index (χ1) is 16.6. The molecule has 0 amide bonds. The Morgan fingerprint density at radius 3 is 2.34 bits per heavy atom. The molecule has 0 saturated carbocycles. The van der Waals surface area contributed by atoms with Crippen molar-refractivity contribution in [2.45, 2.75) is 59.4 Å². The lowest BCUT2D eigenvalue weighted by Crippen LogP contribution is -2.45. The average Bonchev–Trinajstić information content (AvgIpc) is 2.82. The van der Waals surface area contributed by atoms with Gasteiger partial charge in [-0.15, -0.1) is 0 Å². The van der Waals surface area contributed by atoms with Crippen molar-refractivity contribution in [3.8, 4) is 11.5 Å². The number of ether oxygens (including phenoxy) is 2. The molecule has 2 heterocycles. The van der Waals surface area contributed by atoms with E-state index in [2.05, 4.69) is 23.7 Å². The molecule has 1 unspecified atom stereocenters. The van der Waals surface area contributed by atoms with Crippen LogP contribution >= 0.6 is 0 Å². The van der Waals surface area contributed by atoms with E-state index in [1.807, 2.05) is 49.4 Å². The third-order valence-electron chi connectivity index (χ3n) is 6.93. The standard InChI is InChI=1S/C28H41N3O4/c1-20(19-34-23-8-6-5-7-9-23)35-24-11-10-22(30-17-24)16-25(27(32)33)26(21(2)29)18-31-14-12-28(3,4)13-15-31/h5-11,17,20,25-27,29,32-33H,12-16,18-19H2,1-4H3/t20-,25+,26?/m0/s1. The van der Waals surface area contributed by atoms with Gasteiger partial charge in [0.15, 0.2) is 6.29 Å². The average molecular weight is 484 g/mol. The summed E-state index contributed by atoms with van der Waals surface area (Å²) >= 11 is 0. The Labute approximate surface area is 209 Å². The molecule has 35 heavy (non-hydrogen) atoms. The van der Waals surface area contributed by atoms with Crippen molar-refractivity contribution >= 4 is 5.71 Å². The number of para-hydroxylation sites is 1. The van der Waals surface area contributed by atoms with Gasteiger partial charge < -0.3 is 30.0 Å². The smallest absolute Gasteiger partial charge is 0.155 e. The van der Waals surface area contributed by atoms with Gasteiger partial charge in [0.05, 0.1) is 6.20 Å². The molecule has 192 valence electrons. The highest BCUT2D eigenvalue weighted by Crippen LogP contribution is 2.31. The SMILES string of the molecule is CC(=N)C(CN1CCC(C)(C)CC1)[C@@H](Cc1ccc(O[C@@H](C)COc2ccccc2)cn1)C(O)O. The molecular weight excluding hydrogens is 442 g/mol. The second-order valence-electron chi connectivity index (χ2n) is 10.6. The molecule has 3 atom stereocenters. The number of aliphatic hydroxyl groups excluding tert-OH is 1. The molecule has 1 aliphatic heterocycles. The summed E-state index contributed by atoms with van der Waals surface area (Å²) in [4.78, 5) is 6.86. The molecule has 7 heteroatoms. The Kier molecular flexibility index (Phi) is 9.66. The quantitative estimate of drug-likeness (QED) is 0.310. The van der Waals surface area contributed by atoms with Crippen LogP contribution in [0.5, 0.6) is 11.5 Å². The van der Waals surface area contributed by atoms with Gasteiger partial charge in [-0.1, -0.05) is 32.0 Å². The van der Waals surface area contributed by atoms with E-state index in [9.17, 15) is 10.2 Å². The van der Waals surface area contributed by atoms with Crippen molar-refractivity contribution in [2.75, 3.05) is 26.2 Å². The fourth-order valence-electron chi connectivity index (χ4n) is 4.51. The van der Waals surface area contributed by atoms with E-state index in [0.29, 0.717) is 36.4 Å². The predicted octanol–water partition coefficient (Wildman–Crippen LogP) is 4.18. The van der Waals surface area contributed by atoms with Crippen molar-refractivity contribution in [2.24, 2.45) is 17.3 Å². The van der Waals surface area contributed by atoms with Crippen molar-refractivity contribution in [1.29, 1.82) is 5.41 Å². The number of benzene rings is 1. The normalized spacial score (nSPS) is 18.6. The zero-order valence-electron chi connectivity index (χ0n) is 21.5. The van der Waals surface area contributed by atoms with Gasteiger partial charge in [-0.25, -0.2) is 0 Å². The molecule has 3 rings (SSSR count). The number of rotatable bonds is 12. The number of nitrogens with zero attached hydrogens (tertiary/aromatic N) is 2. The molecule has 1 fully saturated rings. The van der Waals surface area contributed by atoms with Crippen LogP contribution in [0.15, 0.2) is 48.7 Å². The van der Waals surface area contributed by atoms with Gasteiger partial charge in [0.2, 0.25) is 0 Å². The van der Waals surface area contributed by atoms with Gasteiger partial charge in [-0.3, -0.25) is 4.98 Å². The Balaban J connectivity index is 1.56. The van der Waals surface area contributed by atoms with Crippen LogP contribution in [0, 0.1) is 22.7 Å². The lowest BCUT2D eigenvalue weighted by atomic mass is 9.80. The number of hydrogen-bond acceptors (Lipinski definition) is 7. The maximum atomic E-state index is 10.2. The van der Waals surface area contributed by atoms with Crippen LogP contribution in [0.4, 0.5) is 0 Å². The molecule has 7 nitrogen and oxygen atoms in total. The van der Waals surface area contributed by atoms with Crippen LogP contribution in [0.2, 0.25) is 0 Å². The molecule has 1 aromatic carbocycles. The monoisotopic (exact) mass is 483 g/mol. The minimum Gasteiger partial charge on any atom is -0.490 e. The van der Waals surface area contributed by atoms with Gasteiger partial charge in [0.1, 0.15) is 24.2 Å². The van der Waals surface area contributed by atoms with Gasteiger partial charge in [-0.05, 0) is 75.9 Å². The Hall–Kier alpha value is -2.48. The van der Waals surface area contributed by atoms with Crippen LogP contribution in [-0.4, -0.2) is 64.4 Å². The second-order valence-corrected chi connectivity index (χ2v) is 10.6. The third kappa shape index (κ3) is 8.60. The number of likely N-dealkylation sites (tertiary alicyclic amines) is 1. The van der Waals surface area contributed by atoms with Gasteiger partial charge in [0, 0.05) is 29.8 Å². The van der Waals surface area contributed by atoms with Crippen LogP contribution < -0.4 is 9.47 Å². The Morgan fingerprint density at radius 1 is 1.09 bits per heavy atom. The molecular formula is C28H41N3O4. The summed E-state index contributed by atoms with van der Waals surface area (Å²) < 4.78 is 11.7. The number of nitrogens with one attached hydrogen (secondary N) is 1. The summed E-state index contributed by atoms with van der Waals surface area (Å²) in [6.07, 6.45) is 2.59. The predicted molar refractivity (Wildman–Crippen MR) is 138 cm³/mol. The molecule has 0 radical (unpaired) electrons. The lowest BCUT2D eigenvalue weighted by molar-refractivity contribution is -0.0961. The van der Waals surface area contributed by atoms with E-state index in [1.165, 1.54) is 0 Å². The van der Waals surface area contributed by atoms with E-state index < -0.39 is 12.2 Å². The first-order valence-electron chi connectivity index (χ1n) is 12.6. The van der Waals surface area contributed by atoms with Crippen molar-refractivity contribution in [3.63, 3.8) is 0 Å². The minimum atomic E-state index is -1.52. The number of aliphatic hydroxyl groups is 2. The van der Waals surface area contributed by atoms with Crippen LogP contribution in [0.3, 0.4) is 0 Å². The minimum absolute atomic E-state index is 0.158. The van der Waals surface area contributed by atoms with Crippen molar-refractivity contribution in [3.05, 3.63) is 54.4 Å². The Bertz CT molecular complexity index is 908. The van der Waals surface area contributed by atoms with Gasteiger partial charge in [0.25, 0.3) is 0 Å². The maximum absolute atomic E-state index is 10.2. The zero-order valence-corrected chi connectivity index (χ0v) is 21.5. The molecule has 3 N–H and O–H groups in total. The molecule has 0 spiro atoms. The van der Waals surface area contributed by atoms with Crippen LogP contribution in [-0.2, 0) is 6.42 Å². The fourth-order valence-corrected chi connectivity index (χ4v) is 4.51. The molecule has 1 aromatic heterocycles. The zero-order chi connectivity index (χ0) is 25.4. The first-order valence-corrected chi connectivity index (χ1v) is 12.6. The molecule has 0 bridgehead atoms. The Morgan fingerprint density at radius 2 is 1.77 bits per heavy atom. The molecule has 2 aromatic rings. The highest BCUT2D eigenvalue weighted by Gasteiger charge is 2.33. The summed E-state index contributed by atoms with van der Waals surface area (Å²) in [5, 5.41) is 28.8. The van der Waals surface area contributed by atoms with Crippen LogP contribution in [0.1, 0.15) is 46.2 Å². The van der Waals surface area contributed by atoms with E-state index >= 15 is 0 Å². The maximum Gasteiger partial charge on any atom is 0.155 e. The summed E-state index contributed by atoms with van der Waals surface area (Å²) in [6, 6.07) is 13.3. The summed E-state index contributed by atoms with van der Waals surface area (Å²) in [7, 11) is 0. The van der Waals surface area contributed by atoms with E-state index in [1.54, 1.807) is 13.1 Å². The molecule has 0 aliphatic carbocycles. The summed E-state index contributed by atoms with van der Waals surface area (Å²) in [5.41, 5.74) is 1.57. The molecule has 1 saturated heterocycles. The number of aromatic nitrogens is 1. The number of hydrogen-bond donors (Lipinski definition) is 3. The summed E-state index contributed by atoms with van der Waals surface area (Å²) in [5.74, 6) is 0.688. The highest BCUT2D eigenvalue weighted by atomic mass is 16.5. The van der Waals surface area contributed by atoms with E-state index in [0.717, 1.165) is 37.4 Å². The molecule has 1 aliphatic rings. The topological polar surface area (TPSA) is 98.9 Å². The first kappa shape index (κ1) is 27.1. The number of piperidine rings is 1. The largest absolute Gasteiger partial charge is 0.490 e. The fraction of sp³-hybridized carbons (Fsp3) is 0.571.